The molecule has 1 aromatic carbocycles. The van der Waals surface area contributed by atoms with Crippen LogP contribution in [-0.4, -0.2) is 44.0 Å². The standard InChI is InChI=1S/C17H28N2O2/c1-3-4-16(20)13-18-14-9-11-19(12-10-14)15-5-7-17(21-2)8-6-15/h5-8,14,16,18,20H,3-4,9-13H2,1-2H3. The van der Waals surface area contributed by atoms with E-state index < -0.39 is 0 Å². The first kappa shape index (κ1) is 16.1. The lowest BCUT2D eigenvalue weighted by atomic mass is 10.0. The van der Waals surface area contributed by atoms with E-state index in [-0.39, 0.29) is 6.10 Å². The van der Waals surface area contributed by atoms with Crippen LogP contribution in [0, 0.1) is 0 Å². The molecule has 1 unspecified atom stereocenters. The average molecular weight is 292 g/mol. The van der Waals surface area contributed by atoms with Gasteiger partial charge < -0.3 is 20.1 Å². The summed E-state index contributed by atoms with van der Waals surface area (Å²) in [6, 6.07) is 8.81. The molecule has 2 rings (SSSR count). The van der Waals surface area contributed by atoms with Gasteiger partial charge in [0.25, 0.3) is 0 Å². The maximum Gasteiger partial charge on any atom is 0.119 e. The molecule has 4 heteroatoms. The van der Waals surface area contributed by atoms with Crippen LogP contribution < -0.4 is 15.0 Å². The Morgan fingerprint density at radius 3 is 2.52 bits per heavy atom. The molecule has 0 aliphatic carbocycles. The lowest BCUT2D eigenvalue weighted by molar-refractivity contribution is 0.154. The third-order valence-electron chi connectivity index (χ3n) is 4.20. The highest BCUT2D eigenvalue weighted by atomic mass is 16.5. The zero-order chi connectivity index (χ0) is 15.1. The van der Waals surface area contributed by atoms with E-state index in [1.165, 1.54) is 5.69 Å². The smallest absolute Gasteiger partial charge is 0.119 e. The summed E-state index contributed by atoms with van der Waals surface area (Å²) in [5.41, 5.74) is 1.26. The lowest BCUT2D eigenvalue weighted by Crippen LogP contribution is -2.44. The zero-order valence-electron chi connectivity index (χ0n) is 13.2. The van der Waals surface area contributed by atoms with Gasteiger partial charge in [0.1, 0.15) is 5.75 Å². The molecular weight excluding hydrogens is 264 g/mol. The van der Waals surface area contributed by atoms with E-state index in [1.54, 1.807) is 7.11 Å². The molecule has 1 atom stereocenters. The molecule has 2 N–H and O–H groups in total. The normalized spacial score (nSPS) is 17.8. The van der Waals surface area contributed by atoms with Gasteiger partial charge in [-0.05, 0) is 43.5 Å². The van der Waals surface area contributed by atoms with Gasteiger partial charge in [-0.15, -0.1) is 0 Å². The second-order valence-electron chi connectivity index (χ2n) is 5.81. The van der Waals surface area contributed by atoms with Crippen LogP contribution in [0.4, 0.5) is 5.69 Å². The number of aliphatic hydroxyl groups excluding tert-OH is 1. The van der Waals surface area contributed by atoms with Crippen molar-refractivity contribution in [1.82, 2.24) is 5.32 Å². The van der Waals surface area contributed by atoms with Gasteiger partial charge in [-0.25, -0.2) is 0 Å². The van der Waals surface area contributed by atoms with Crippen LogP contribution in [0.15, 0.2) is 24.3 Å². The number of aliphatic hydroxyl groups is 1. The van der Waals surface area contributed by atoms with Crippen LogP contribution in [0.3, 0.4) is 0 Å². The minimum Gasteiger partial charge on any atom is -0.497 e. The maximum atomic E-state index is 9.77. The second kappa shape index (κ2) is 8.25. The topological polar surface area (TPSA) is 44.7 Å². The average Bonchev–Trinajstić information content (AvgIpc) is 2.54. The third kappa shape index (κ3) is 4.90. The summed E-state index contributed by atoms with van der Waals surface area (Å²) in [7, 11) is 1.69. The maximum absolute atomic E-state index is 9.77. The number of nitrogens with zero attached hydrogens (tertiary/aromatic N) is 1. The Labute approximate surface area is 128 Å². The fourth-order valence-electron chi connectivity index (χ4n) is 2.87. The van der Waals surface area contributed by atoms with Crippen molar-refractivity contribution < 1.29 is 9.84 Å². The molecule has 0 bridgehead atoms. The SMILES string of the molecule is CCCC(O)CNC1CCN(c2ccc(OC)cc2)CC1. The molecule has 1 aromatic rings. The molecule has 21 heavy (non-hydrogen) atoms. The summed E-state index contributed by atoms with van der Waals surface area (Å²) < 4.78 is 5.20. The van der Waals surface area contributed by atoms with E-state index in [0.717, 1.165) is 51.1 Å². The number of ether oxygens (including phenoxy) is 1. The van der Waals surface area contributed by atoms with Crippen molar-refractivity contribution >= 4 is 5.69 Å². The van der Waals surface area contributed by atoms with Gasteiger partial charge >= 0.3 is 0 Å². The molecule has 1 saturated heterocycles. The van der Waals surface area contributed by atoms with Crippen molar-refractivity contribution in [3.63, 3.8) is 0 Å². The second-order valence-corrected chi connectivity index (χ2v) is 5.81. The quantitative estimate of drug-likeness (QED) is 0.810. The van der Waals surface area contributed by atoms with E-state index in [2.05, 4.69) is 29.3 Å². The molecular formula is C17H28N2O2. The van der Waals surface area contributed by atoms with E-state index in [0.29, 0.717) is 6.04 Å². The number of methoxy groups -OCH3 is 1. The summed E-state index contributed by atoms with van der Waals surface area (Å²) in [5, 5.41) is 13.3. The first-order chi connectivity index (χ1) is 10.2. The highest BCUT2D eigenvalue weighted by Crippen LogP contribution is 2.22. The van der Waals surface area contributed by atoms with Gasteiger partial charge in [0.05, 0.1) is 13.2 Å². The number of benzene rings is 1. The number of hydrogen-bond acceptors (Lipinski definition) is 4. The van der Waals surface area contributed by atoms with Gasteiger partial charge in [0.2, 0.25) is 0 Å². The van der Waals surface area contributed by atoms with Crippen LogP contribution in [0.5, 0.6) is 5.75 Å². The predicted molar refractivity (Wildman–Crippen MR) is 87.1 cm³/mol. The molecule has 118 valence electrons. The summed E-state index contributed by atoms with van der Waals surface area (Å²) in [4.78, 5) is 2.42. The molecule has 0 radical (unpaired) electrons. The number of anilines is 1. The van der Waals surface area contributed by atoms with E-state index in [9.17, 15) is 5.11 Å². The fourth-order valence-corrected chi connectivity index (χ4v) is 2.87. The highest BCUT2D eigenvalue weighted by Gasteiger charge is 2.19. The van der Waals surface area contributed by atoms with Crippen molar-refractivity contribution in [3.8, 4) is 5.75 Å². The third-order valence-corrected chi connectivity index (χ3v) is 4.20. The molecule has 1 fully saturated rings. The fraction of sp³-hybridized carbons (Fsp3) is 0.647. The van der Waals surface area contributed by atoms with Crippen LogP contribution >= 0.6 is 0 Å². The van der Waals surface area contributed by atoms with E-state index in [1.807, 2.05) is 12.1 Å². The van der Waals surface area contributed by atoms with Crippen LogP contribution in [0.25, 0.3) is 0 Å². The first-order valence-electron chi connectivity index (χ1n) is 8.03. The van der Waals surface area contributed by atoms with Crippen molar-refractivity contribution in [2.45, 2.75) is 44.8 Å². The van der Waals surface area contributed by atoms with Crippen molar-refractivity contribution in [2.24, 2.45) is 0 Å². The molecule has 1 heterocycles. The number of nitrogens with one attached hydrogen (secondary N) is 1. The monoisotopic (exact) mass is 292 g/mol. The van der Waals surface area contributed by atoms with Gasteiger partial charge in [-0.1, -0.05) is 13.3 Å². The minimum atomic E-state index is -0.199. The Bertz CT molecular complexity index is 400. The summed E-state index contributed by atoms with van der Waals surface area (Å²) in [6.07, 6.45) is 3.99. The Morgan fingerprint density at radius 1 is 1.29 bits per heavy atom. The molecule has 0 amide bonds. The van der Waals surface area contributed by atoms with E-state index in [4.69, 9.17) is 4.74 Å². The molecule has 0 spiro atoms. The van der Waals surface area contributed by atoms with Gasteiger partial charge in [-0.3, -0.25) is 0 Å². The zero-order valence-corrected chi connectivity index (χ0v) is 13.2. The highest BCUT2D eigenvalue weighted by molar-refractivity contribution is 5.49. The van der Waals surface area contributed by atoms with Crippen LogP contribution in [0.1, 0.15) is 32.6 Å². The molecule has 1 aliphatic heterocycles. The predicted octanol–water partition coefficient (Wildman–Crippen LogP) is 2.41. The van der Waals surface area contributed by atoms with Crippen molar-refractivity contribution in [3.05, 3.63) is 24.3 Å². The van der Waals surface area contributed by atoms with Gasteiger partial charge in [-0.2, -0.15) is 0 Å². The molecule has 4 nitrogen and oxygen atoms in total. The van der Waals surface area contributed by atoms with Crippen LogP contribution in [-0.2, 0) is 0 Å². The number of piperidine rings is 1. The summed E-state index contributed by atoms with van der Waals surface area (Å²) >= 11 is 0. The Hall–Kier alpha value is -1.26. The largest absolute Gasteiger partial charge is 0.497 e. The molecule has 1 aliphatic rings. The molecule has 0 saturated carbocycles. The first-order valence-corrected chi connectivity index (χ1v) is 8.03. The minimum absolute atomic E-state index is 0.199. The number of rotatable bonds is 7. The Balaban J connectivity index is 1.74. The number of hydrogen-bond donors (Lipinski definition) is 2. The lowest BCUT2D eigenvalue weighted by Gasteiger charge is -2.34. The van der Waals surface area contributed by atoms with Gasteiger partial charge in [0, 0.05) is 31.4 Å². The Morgan fingerprint density at radius 2 is 1.95 bits per heavy atom. The summed E-state index contributed by atoms with van der Waals surface area (Å²) in [6.45, 7) is 4.96. The van der Waals surface area contributed by atoms with Crippen LogP contribution in [0.2, 0.25) is 0 Å². The van der Waals surface area contributed by atoms with Crippen molar-refractivity contribution in [1.29, 1.82) is 0 Å². The van der Waals surface area contributed by atoms with E-state index >= 15 is 0 Å². The Kier molecular flexibility index (Phi) is 6.33. The summed E-state index contributed by atoms with van der Waals surface area (Å²) in [5.74, 6) is 0.903. The van der Waals surface area contributed by atoms with Crippen molar-refractivity contribution in [2.75, 3.05) is 31.6 Å². The molecule has 0 aromatic heterocycles. The van der Waals surface area contributed by atoms with Gasteiger partial charge in [0.15, 0.2) is 0 Å².